The molecule has 4 nitrogen and oxygen atoms in total. The SMILES string of the molecule is CCC(=O)c1ccc(OC(C)C(=O)NC(C)CC)cc1. The molecular weight excluding hydrogens is 254 g/mol. The van der Waals surface area contributed by atoms with Gasteiger partial charge in [-0.25, -0.2) is 0 Å². The van der Waals surface area contributed by atoms with Gasteiger partial charge in [0.1, 0.15) is 5.75 Å². The summed E-state index contributed by atoms with van der Waals surface area (Å²) in [5.74, 6) is 0.552. The highest BCUT2D eigenvalue weighted by atomic mass is 16.5. The molecule has 0 saturated heterocycles. The number of Topliss-reactive ketones (excluding diaryl/α,β-unsaturated/α-hetero) is 1. The van der Waals surface area contributed by atoms with Crippen LogP contribution in [-0.4, -0.2) is 23.8 Å². The molecule has 0 aliphatic heterocycles. The van der Waals surface area contributed by atoms with Crippen LogP contribution < -0.4 is 10.1 Å². The van der Waals surface area contributed by atoms with Gasteiger partial charge in [0.05, 0.1) is 0 Å². The van der Waals surface area contributed by atoms with Crippen LogP contribution in [0.3, 0.4) is 0 Å². The van der Waals surface area contributed by atoms with Crippen LogP contribution >= 0.6 is 0 Å². The van der Waals surface area contributed by atoms with Gasteiger partial charge in [-0.1, -0.05) is 13.8 Å². The monoisotopic (exact) mass is 277 g/mol. The Labute approximate surface area is 120 Å². The molecule has 0 saturated carbocycles. The van der Waals surface area contributed by atoms with Crippen LogP contribution in [0.25, 0.3) is 0 Å². The number of carbonyl (C=O) groups is 2. The Morgan fingerprint density at radius 3 is 2.25 bits per heavy atom. The molecule has 0 bridgehead atoms. The van der Waals surface area contributed by atoms with E-state index in [1.54, 1.807) is 31.2 Å². The maximum absolute atomic E-state index is 11.8. The molecule has 1 amide bonds. The first kappa shape index (κ1) is 16.2. The normalized spacial score (nSPS) is 13.4. The predicted molar refractivity (Wildman–Crippen MR) is 79.0 cm³/mol. The third kappa shape index (κ3) is 4.68. The molecule has 4 heteroatoms. The summed E-state index contributed by atoms with van der Waals surface area (Å²) in [7, 11) is 0. The molecule has 1 aromatic carbocycles. The van der Waals surface area contributed by atoms with E-state index in [1.165, 1.54) is 0 Å². The van der Waals surface area contributed by atoms with Gasteiger partial charge in [0.25, 0.3) is 5.91 Å². The van der Waals surface area contributed by atoms with Gasteiger partial charge in [-0.05, 0) is 44.5 Å². The molecule has 20 heavy (non-hydrogen) atoms. The number of amides is 1. The van der Waals surface area contributed by atoms with Crippen LogP contribution in [0.15, 0.2) is 24.3 Å². The van der Waals surface area contributed by atoms with Crippen molar-refractivity contribution in [2.24, 2.45) is 0 Å². The Bertz CT molecular complexity index is 453. The smallest absolute Gasteiger partial charge is 0.260 e. The van der Waals surface area contributed by atoms with E-state index in [-0.39, 0.29) is 17.7 Å². The van der Waals surface area contributed by atoms with Gasteiger partial charge in [-0.3, -0.25) is 9.59 Å². The number of rotatable bonds is 7. The van der Waals surface area contributed by atoms with Crippen LogP contribution in [-0.2, 0) is 4.79 Å². The van der Waals surface area contributed by atoms with E-state index >= 15 is 0 Å². The first-order chi connectivity index (χ1) is 9.47. The van der Waals surface area contributed by atoms with E-state index in [4.69, 9.17) is 4.74 Å². The molecular formula is C16H23NO3. The number of nitrogens with one attached hydrogen (secondary N) is 1. The topological polar surface area (TPSA) is 55.4 Å². The minimum atomic E-state index is -0.559. The van der Waals surface area contributed by atoms with E-state index in [1.807, 2.05) is 20.8 Å². The highest BCUT2D eigenvalue weighted by Gasteiger charge is 2.16. The highest BCUT2D eigenvalue weighted by Crippen LogP contribution is 2.15. The summed E-state index contributed by atoms with van der Waals surface area (Å²) >= 11 is 0. The molecule has 2 atom stereocenters. The second kappa shape index (κ2) is 7.68. The number of hydrogen-bond donors (Lipinski definition) is 1. The number of hydrogen-bond acceptors (Lipinski definition) is 3. The van der Waals surface area contributed by atoms with Gasteiger partial charge in [0.2, 0.25) is 0 Å². The maximum Gasteiger partial charge on any atom is 0.260 e. The fraction of sp³-hybridized carbons (Fsp3) is 0.500. The van der Waals surface area contributed by atoms with Crippen LogP contribution in [0.1, 0.15) is 50.9 Å². The molecule has 0 radical (unpaired) electrons. The van der Waals surface area contributed by atoms with Crippen molar-refractivity contribution >= 4 is 11.7 Å². The highest BCUT2D eigenvalue weighted by molar-refractivity contribution is 5.95. The molecule has 1 aromatic rings. The molecule has 0 aromatic heterocycles. The molecule has 1 rings (SSSR count). The average molecular weight is 277 g/mol. The van der Waals surface area contributed by atoms with Gasteiger partial charge in [-0.2, -0.15) is 0 Å². The molecule has 2 unspecified atom stereocenters. The van der Waals surface area contributed by atoms with Crippen molar-refractivity contribution in [1.82, 2.24) is 5.32 Å². The number of benzene rings is 1. The van der Waals surface area contributed by atoms with E-state index in [2.05, 4.69) is 5.32 Å². The van der Waals surface area contributed by atoms with Gasteiger partial charge in [0.15, 0.2) is 11.9 Å². The van der Waals surface area contributed by atoms with E-state index in [9.17, 15) is 9.59 Å². The average Bonchev–Trinajstić information content (AvgIpc) is 2.46. The second-order valence-electron chi connectivity index (χ2n) is 4.88. The van der Waals surface area contributed by atoms with Gasteiger partial charge < -0.3 is 10.1 Å². The maximum atomic E-state index is 11.8. The van der Waals surface area contributed by atoms with E-state index in [0.29, 0.717) is 17.7 Å². The second-order valence-corrected chi connectivity index (χ2v) is 4.88. The van der Waals surface area contributed by atoms with Crippen LogP contribution in [0.2, 0.25) is 0 Å². The lowest BCUT2D eigenvalue weighted by Crippen LogP contribution is -2.40. The molecule has 1 N–H and O–H groups in total. The lowest BCUT2D eigenvalue weighted by atomic mass is 10.1. The largest absolute Gasteiger partial charge is 0.481 e. The Balaban J connectivity index is 2.60. The Morgan fingerprint density at radius 1 is 1.15 bits per heavy atom. The molecule has 0 fully saturated rings. The molecule has 110 valence electrons. The van der Waals surface area contributed by atoms with Gasteiger partial charge in [-0.15, -0.1) is 0 Å². The van der Waals surface area contributed by atoms with Crippen molar-refractivity contribution in [3.63, 3.8) is 0 Å². The Kier molecular flexibility index (Phi) is 6.22. The summed E-state index contributed by atoms with van der Waals surface area (Å²) in [6, 6.07) is 7.02. The number of carbonyl (C=O) groups excluding carboxylic acids is 2. The van der Waals surface area contributed by atoms with E-state index in [0.717, 1.165) is 6.42 Å². The van der Waals surface area contributed by atoms with Crippen molar-refractivity contribution in [2.45, 2.75) is 52.7 Å². The fourth-order valence-corrected chi connectivity index (χ4v) is 1.64. The van der Waals surface area contributed by atoms with Gasteiger partial charge in [0, 0.05) is 18.0 Å². The standard InChI is InChI=1S/C16H23NO3/c1-5-11(3)17-16(19)12(4)20-14-9-7-13(8-10-14)15(18)6-2/h7-12H,5-6H2,1-4H3,(H,17,19). The van der Waals surface area contributed by atoms with Crippen molar-refractivity contribution in [3.8, 4) is 5.75 Å². The fourth-order valence-electron chi connectivity index (χ4n) is 1.64. The quantitative estimate of drug-likeness (QED) is 0.780. The van der Waals surface area contributed by atoms with Crippen molar-refractivity contribution in [1.29, 1.82) is 0 Å². The summed E-state index contributed by atoms with van der Waals surface area (Å²) < 4.78 is 5.57. The summed E-state index contributed by atoms with van der Waals surface area (Å²) in [5.41, 5.74) is 0.663. The predicted octanol–water partition coefficient (Wildman–Crippen LogP) is 2.96. The van der Waals surface area contributed by atoms with Gasteiger partial charge >= 0.3 is 0 Å². The van der Waals surface area contributed by atoms with Crippen LogP contribution in [0, 0.1) is 0 Å². The molecule has 0 spiro atoms. The third-order valence-electron chi connectivity index (χ3n) is 3.18. The molecule has 0 aliphatic rings. The minimum absolute atomic E-state index is 0.0964. The first-order valence-electron chi connectivity index (χ1n) is 7.08. The number of ether oxygens (including phenoxy) is 1. The summed E-state index contributed by atoms with van der Waals surface area (Å²) in [6.07, 6.45) is 0.803. The zero-order valence-electron chi connectivity index (χ0n) is 12.6. The number of ketones is 1. The third-order valence-corrected chi connectivity index (χ3v) is 3.18. The Morgan fingerprint density at radius 2 is 1.75 bits per heavy atom. The molecule has 0 heterocycles. The molecule has 0 aliphatic carbocycles. The first-order valence-corrected chi connectivity index (χ1v) is 7.08. The zero-order valence-corrected chi connectivity index (χ0v) is 12.6. The van der Waals surface area contributed by atoms with Crippen LogP contribution in [0.4, 0.5) is 0 Å². The minimum Gasteiger partial charge on any atom is -0.481 e. The lowest BCUT2D eigenvalue weighted by Gasteiger charge is -2.17. The van der Waals surface area contributed by atoms with Crippen LogP contribution in [0.5, 0.6) is 5.75 Å². The summed E-state index contributed by atoms with van der Waals surface area (Å²) in [6.45, 7) is 7.51. The van der Waals surface area contributed by atoms with Crippen molar-refractivity contribution in [2.75, 3.05) is 0 Å². The van der Waals surface area contributed by atoms with Crippen molar-refractivity contribution < 1.29 is 14.3 Å². The van der Waals surface area contributed by atoms with E-state index < -0.39 is 6.10 Å². The summed E-state index contributed by atoms with van der Waals surface area (Å²) in [4.78, 5) is 23.4. The summed E-state index contributed by atoms with van der Waals surface area (Å²) in [5, 5.41) is 2.87. The Hall–Kier alpha value is -1.84. The van der Waals surface area contributed by atoms with Crippen molar-refractivity contribution in [3.05, 3.63) is 29.8 Å². The lowest BCUT2D eigenvalue weighted by molar-refractivity contribution is -0.127. The zero-order chi connectivity index (χ0) is 15.1.